The van der Waals surface area contributed by atoms with Crippen molar-refractivity contribution in [3.63, 3.8) is 0 Å². The molecule has 7 nitrogen and oxygen atoms in total. The van der Waals surface area contributed by atoms with E-state index in [4.69, 9.17) is 19.8 Å². The SMILES string of the molecule is COc1cc2ncc3c(c(-c4ccc(C#N)cc4)nn3C)c2cc1OCc1ccccn1. The van der Waals surface area contributed by atoms with Crippen LogP contribution in [-0.2, 0) is 13.7 Å². The number of benzene rings is 2. The van der Waals surface area contributed by atoms with Crippen LogP contribution in [0.25, 0.3) is 33.1 Å². The summed E-state index contributed by atoms with van der Waals surface area (Å²) in [5.41, 5.74) is 4.86. The number of methoxy groups -OCH3 is 1. The lowest BCUT2D eigenvalue weighted by Gasteiger charge is -2.12. The van der Waals surface area contributed by atoms with Gasteiger partial charge in [-0.3, -0.25) is 14.6 Å². The lowest BCUT2D eigenvalue weighted by molar-refractivity contribution is 0.281. The lowest BCUT2D eigenvalue weighted by Crippen LogP contribution is -2.00. The molecule has 0 aliphatic heterocycles. The third-order valence-corrected chi connectivity index (χ3v) is 5.36. The number of pyridine rings is 2. The Hall–Kier alpha value is -4.44. The van der Waals surface area contributed by atoms with Crippen molar-refractivity contribution in [2.45, 2.75) is 6.61 Å². The number of ether oxygens (including phenoxy) is 2. The average molecular weight is 421 g/mol. The maximum atomic E-state index is 9.12. The number of rotatable bonds is 5. The Labute approximate surface area is 184 Å². The predicted molar refractivity (Wildman–Crippen MR) is 121 cm³/mol. The van der Waals surface area contributed by atoms with Crippen molar-refractivity contribution < 1.29 is 9.47 Å². The summed E-state index contributed by atoms with van der Waals surface area (Å²) in [7, 11) is 3.50. The van der Waals surface area contributed by atoms with Gasteiger partial charge in [0.15, 0.2) is 11.5 Å². The van der Waals surface area contributed by atoms with Crippen LogP contribution in [0.2, 0.25) is 0 Å². The molecule has 0 saturated carbocycles. The standard InChI is InChI=1S/C25H19N5O2/c1-30-21-14-28-20-12-22(31-2)23(32-15-18-5-3-4-10-27-18)11-19(20)24(21)25(29-30)17-8-6-16(13-26)7-9-17/h3-12,14H,15H2,1-2H3. The minimum atomic E-state index is 0.321. The van der Waals surface area contributed by atoms with Gasteiger partial charge in [0.25, 0.3) is 0 Å². The Kier molecular flexibility index (Phi) is 4.88. The number of nitriles is 1. The zero-order chi connectivity index (χ0) is 22.1. The molecule has 0 atom stereocenters. The molecule has 0 N–H and O–H groups in total. The Balaban J connectivity index is 1.68. The summed E-state index contributed by atoms with van der Waals surface area (Å²) < 4.78 is 13.5. The molecule has 5 aromatic rings. The maximum absolute atomic E-state index is 9.12. The molecule has 0 radical (unpaired) electrons. The van der Waals surface area contributed by atoms with Crippen molar-refractivity contribution in [2.75, 3.05) is 7.11 Å². The second kappa shape index (κ2) is 8.00. The molecule has 2 aromatic carbocycles. The highest BCUT2D eigenvalue weighted by Crippen LogP contribution is 2.38. The third kappa shape index (κ3) is 3.38. The molecular formula is C25H19N5O2. The normalized spacial score (nSPS) is 10.9. The minimum Gasteiger partial charge on any atom is -0.493 e. The summed E-state index contributed by atoms with van der Waals surface area (Å²) in [6.45, 7) is 0.321. The molecule has 0 fully saturated rings. The van der Waals surface area contributed by atoms with E-state index in [0.29, 0.717) is 23.7 Å². The maximum Gasteiger partial charge on any atom is 0.162 e. The van der Waals surface area contributed by atoms with Gasteiger partial charge in [0.1, 0.15) is 12.3 Å². The van der Waals surface area contributed by atoms with E-state index in [9.17, 15) is 0 Å². The fourth-order valence-electron chi connectivity index (χ4n) is 3.75. The Morgan fingerprint density at radius 2 is 1.88 bits per heavy atom. The van der Waals surface area contributed by atoms with E-state index in [1.54, 1.807) is 25.4 Å². The van der Waals surface area contributed by atoms with Gasteiger partial charge in [-0.1, -0.05) is 18.2 Å². The van der Waals surface area contributed by atoms with Crippen molar-refractivity contribution in [1.82, 2.24) is 19.7 Å². The van der Waals surface area contributed by atoms with Crippen LogP contribution in [0, 0.1) is 11.3 Å². The van der Waals surface area contributed by atoms with Gasteiger partial charge in [0.05, 0.1) is 41.7 Å². The van der Waals surface area contributed by atoms with Crippen molar-refractivity contribution in [3.8, 4) is 28.8 Å². The number of aryl methyl sites for hydroxylation is 1. The summed E-state index contributed by atoms with van der Waals surface area (Å²) in [6, 6.07) is 19.1. The first kappa shape index (κ1) is 19.5. The smallest absolute Gasteiger partial charge is 0.162 e. The van der Waals surface area contributed by atoms with E-state index in [0.717, 1.165) is 38.8 Å². The van der Waals surface area contributed by atoms with E-state index >= 15 is 0 Å². The molecule has 0 aliphatic rings. The molecule has 0 spiro atoms. The van der Waals surface area contributed by atoms with E-state index < -0.39 is 0 Å². The van der Waals surface area contributed by atoms with E-state index in [1.165, 1.54) is 0 Å². The summed E-state index contributed by atoms with van der Waals surface area (Å²) in [5, 5.41) is 15.7. The van der Waals surface area contributed by atoms with Gasteiger partial charge < -0.3 is 9.47 Å². The largest absolute Gasteiger partial charge is 0.493 e. The average Bonchev–Trinajstić information content (AvgIpc) is 3.19. The monoisotopic (exact) mass is 421 g/mol. The summed E-state index contributed by atoms with van der Waals surface area (Å²) >= 11 is 0. The Morgan fingerprint density at radius 1 is 1.03 bits per heavy atom. The summed E-state index contributed by atoms with van der Waals surface area (Å²) in [5.74, 6) is 1.21. The van der Waals surface area contributed by atoms with Crippen LogP contribution in [0.15, 0.2) is 67.0 Å². The van der Waals surface area contributed by atoms with Crippen molar-refractivity contribution >= 4 is 21.8 Å². The first-order chi connectivity index (χ1) is 15.7. The van der Waals surface area contributed by atoms with Crippen LogP contribution >= 0.6 is 0 Å². The second-order valence-corrected chi connectivity index (χ2v) is 7.31. The molecule has 0 unspecified atom stereocenters. The van der Waals surface area contributed by atoms with Crippen LogP contribution < -0.4 is 9.47 Å². The molecule has 32 heavy (non-hydrogen) atoms. The van der Waals surface area contributed by atoms with Crippen LogP contribution in [-0.4, -0.2) is 26.9 Å². The molecule has 156 valence electrons. The van der Waals surface area contributed by atoms with Crippen LogP contribution in [0.3, 0.4) is 0 Å². The number of hydrogen-bond donors (Lipinski definition) is 0. The number of hydrogen-bond acceptors (Lipinski definition) is 6. The van der Waals surface area contributed by atoms with Gasteiger partial charge in [-0.15, -0.1) is 0 Å². The molecule has 5 rings (SSSR count). The van der Waals surface area contributed by atoms with Gasteiger partial charge in [-0.2, -0.15) is 10.4 Å². The van der Waals surface area contributed by atoms with E-state index in [-0.39, 0.29) is 0 Å². The van der Waals surface area contributed by atoms with Gasteiger partial charge in [0, 0.05) is 35.6 Å². The first-order valence-corrected chi connectivity index (χ1v) is 10.0. The predicted octanol–water partition coefficient (Wildman–Crippen LogP) is 4.64. The molecular weight excluding hydrogens is 402 g/mol. The van der Waals surface area contributed by atoms with Gasteiger partial charge in [0.2, 0.25) is 0 Å². The lowest BCUT2D eigenvalue weighted by atomic mass is 10.0. The minimum absolute atomic E-state index is 0.321. The quantitative estimate of drug-likeness (QED) is 0.411. The van der Waals surface area contributed by atoms with Gasteiger partial charge in [-0.25, -0.2) is 0 Å². The van der Waals surface area contributed by atoms with E-state index in [1.807, 2.05) is 60.4 Å². The van der Waals surface area contributed by atoms with Gasteiger partial charge >= 0.3 is 0 Å². The fourth-order valence-corrected chi connectivity index (χ4v) is 3.75. The van der Waals surface area contributed by atoms with Crippen molar-refractivity contribution in [1.29, 1.82) is 5.26 Å². The molecule has 0 aliphatic carbocycles. The molecule has 0 amide bonds. The topological polar surface area (TPSA) is 85.8 Å². The summed E-state index contributed by atoms with van der Waals surface area (Å²) in [6.07, 6.45) is 3.55. The number of fused-ring (bicyclic) bond motifs is 3. The Morgan fingerprint density at radius 3 is 2.59 bits per heavy atom. The zero-order valence-corrected chi connectivity index (χ0v) is 17.6. The van der Waals surface area contributed by atoms with Gasteiger partial charge in [-0.05, 0) is 30.3 Å². The fraction of sp³-hybridized carbons (Fsp3) is 0.120. The highest BCUT2D eigenvalue weighted by molar-refractivity contribution is 6.11. The van der Waals surface area contributed by atoms with Crippen LogP contribution in [0.5, 0.6) is 11.5 Å². The molecule has 3 heterocycles. The van der Waals surface area contributed by atoms with Crippen molar-refractivity contribution in [3.05, 3.63) is 78.2 Å². The molecule has 0 saturated heterocycles. The number of nitrogens with zero attached hydrogens (tertiary/aromatic N) is 5. The van der Waals surface area contributed by atoms with Crippen LogP contribution in [0.4, 0.5) is 0 Å². The molecule has 7 heteroatoms. The van der Waals surface area contributed by atoms with Crippen molar-refractivity contribution in [2.24, 2.45) is 7.05 Å². The van der Waals surface area contributed by atoms with Crippen LogP contribution in [0.1, 0.15) is 11.3 Å². The highest BCUT2D eigenvalue weighted by atomic mass is 16.5. The Bertz CT molecular complexity index is 1470. The third-order valence-electron chi connectivity index (χ3n) is 5.36. The number of aromatic nitrogens is 4. The molecule has 0 bridgehead atoms. The summed E-state index contributed by atoms with van der Waals surface area (Å²) in [4.78, 5) is 8.94. The molecule has 3 aromatic heterocycles. The second-order valence-electron chi connectivity index (χ2n) is 7.31. The first-order valence-electron chi connectivity index (χ1n) is 10.0. The van der Waals surface area contributed by atoms with E-state index in [2.05, 4.69) is 16.0 Å². The zero-order valence-electron chi connectivity index (χ0n) is 17.6. The highest BCUT2D eigenvalue weighted by Gasteiger charge is 2.17.